The lowest BCUT2D eigenvalue weighted by Crippen LogP contribution is -2.33. The molecule has 3 N–H and O–H groups in total. The fourth-order valence-electron chi connectivity index (χ4n) is 1.49. The Labute approximate surface area is 104 Å². The number of halogens is 1. The molecule has 0 radical (unpaired) electrons. The number of nitrogens with zero attached hydrogens (tertiary/aromatic N) is 1. The largest absolute Gasteiger partial charge is 0.365 e. The normalized spacial score (nSPS) is 10.0. The van der Waals surface area contributed by atoms with Gasteiger partial charge >= 0.3 is 0 Å². The molecular formula is C11H16BrN3O. The summed E-state index contributed by atoms with van der Waals surface area (Å²) in [6, 6.07) is 5.83. The van der Waals surface area contributed by atoms with E-state index in [1.54, 1.807) is 7.05 Å². The first-order chi connectivity index (χ1) is 7.60. The molecular weight excluding hydrogens is 270 g/mol. The molecule has 0 aliphatic heterocycles. The molecule has 0 heterocycles. The summed E-state index contributed by atoms with van der Waals surface area (Å²) in [6.45, 7) is 0.759. The highest BCUT2D eigenvalue weighted by Crippen LogP contribution is 2.26. The number of likely N-dealkylation sites (N-methyl/N-ethyl adjacent to an activating group) is 2. The summed E-state index contributed by atoms with van der Waals surface area (Å²) in [6.07, 6.45) is 0. The number of carbonyl (C=O) groups is 1. The van der Waals surface area contributed by atoms with Crippen molar-refractivity contribution in [3.05, 3.63) is 28.2 Å². The van der Waals surface area contributed by atoms with Gasteiger partial charge in [-0.1, -0.05) is 22.0 Å². The Kier molecular flexibility index (Phi) is 4.76. The predicted octanol–water partition coefficient (Wildman–Crippen LogP) is 1.09. The Balaban J connectivity index is 2.94. The van der Waals surface area contributed by atoms with E-state index >= 15 is 0 Å². The molecule has 1 aromatic rings. The first-order valence-corrected chi connectivity index (χ1v) is 5.78. The van der Waals surface area contributed by atoms with Crippen LogP contribution in [0.1, 0.15) is 5.56 Å². The van der Waals surface area contributed by atoms with Gasteiger partial charge in [-0.05, 0) is 12.1 Å². The van der Waals surface area contributed by atoms with E-state index in [2.05, 4.69) is 21.2 Å². The number of anilines is 1. The van der Waals surface area contributed by atoms with Crippen LogP contribution in [0.4, 0.5) is 5.69 Å². The molecule has 16 heavy (non-hydrogen) atoms. The Bertz CT molecular complexity index is 381. The molecule has 0 atom stereocenters. The van der Waals surface area contributed by atoms with Gasteiger partial charge in [-0.2, -0.15) is 0 Å². The molecule has 1 amide bonds. The van der Waals surface area contributed by atoms with Crippen LogP contribution < -0.4 is 16.0 Å². The van der Waals surface area contributed by atoms with Crippen molar-refractivity contribution in [3.63, 3.8) is 0 Å². The number of hydrogen-bond acceptors (Lipinski definition) is 3. The second kappa shape index (κ2) is 5.86. The van der Waals surface area contributed by atoms with Gasteiger partial charge in [0.05, 0.1) is 6.54 Å². The summed E-state index contributed by atoms with van der Waals surface area (Å²) < 4.78 is 0.969. The highest BCUT2D eigenvalue weighted by atomic mass is 79.9. The monoisotopic (exact) mass is 285 g/mol. The molecule has 4 nitrogen and oxygen atoms in total. The maximum absolute atomic E-state index is 11.3. The van der Waals surface area contributed by atoms with Crippen LogP contribution in [0.5, 0.6) is 0 Å². The standard InChI is InChI=1S/C11H16BrN3O/c1-14-11(16)7-15(2)10-5-3-4-9(12)8(10)6-13/h3-5H,6-7,13H2,1-2H3,(H,14,16). The van der Waals surface area contributed by atoms with Gasteiger partial charge in [0.2, 0.25) is 5.91 Å². The minimum Gasteiger partial charge on any atom is -0.365 e. The van der Waals surface area contributed by atoms with E-state index in [-0.39, 0.29) is 5.91 Å². The van der Waals surface area contributed by atoms with Crippen LogP contribution in [0, 0.1) is 0 Å². The van der Waals surface area contributed by atoms with Crippen molar-refractivity contribution in [1.82, 2.24) is 5.32 Å². The third kappa shape index (κ3) is 2.96. The van der Waals surface area contributed by atoms with E-state index in [1.807, 2.05) is 30.1 Å². The Morgan fingerprint density at radius 1 is 1.56 bits per heavy atom. The maximum Gasteiger partial charge on any atom is 0.239 e. The van der Waals surface area contributed by atoms with Crippen LogP contribution in [0.25, 0.3) is 0 Å². The molecule has 1 aromatic carbocycles. The lowest BCUT2D eigenvalue weighted by atomic mass is 10.1. The maximum atomic E-state index is 11.3. The van der Waals surface area contributed by atoms with Crippen molar-refractivity contribution in [3.8, 4) is 0 Å². The topological polar surface area (TPSA) is 58.4 Å². The zero-order valence-corrected chi connectivity index (χ0v) is 11.0. The Morgan fingerprint density at radius 3 is 2.81 bits per heavy atom. The molecule has 5 heteroatoms. The molecule has 0 saturated heterocycles. The van der Waals surface area contributed by atoms with Crippen LogP contribution >= 0.6 is 15.9 Å². The molecule has 0 aromatic heterocycles. The third-order valence-electron chi connectivity index (χ3n) is 2.37. The molecule has 0 unspecified atom stereocenters. The van der Waals surface area contributed by atoms with Gasteiger partial charge in [-0.15, -0.1) is 0 Å². The van der Waals surface area contributed by atoms with Gasteiger partial charge in [0.15, 0.2) is 0 Å². The zero-order valence-electron chi connectivity index (χ0n) is 9.46. The van der Waals surface area contributed by atoms with Crippen molar-refractivity contribution in [2.45, 2.75) is 6.54 Å². The summed E-state index contributed by atoms with van der Waals surface area (Å²) in [7, 11) is 3.50. The van der Waals surface area contributed by atoms with Crippen molar-refractivity contribution >= 4 is 27.5 Å². The van der Waals surface area contributed by atoms with E-state index in [4.69, 9.17) is 5.73 Å². The molecule has 0 fully saturated rings. The van der Waals surface area contributed by atoms with Gasteiger partial charge in [-0.25, -0.2) is 0 Å². The lowest BCUT2D eigenvalue weighted by molar-refractivity contribution is -0.119. The van der Waals surface area contributed by atoms with Gasteiger partial charge < -0.3 is 16.0 Å². The molecule has 0 spiro atoms. The second-order valence-corrected chi connectivity index (χ2v) is 4.33. The predicted molar refractivity (Wildman–Crippen MR) is 69.4 cm³/mol. The van der Waals surface area contributed by atoms with Crippen LogP contribution in [-0.4, -0.2) is 26.5 Å². The van der Waals surface area contributed by atoms with E-state index in [9.17, 15) is 4.79 Å². The molecule has 88 valence electrons. The number of carbonyl (C=O) groups excluding carboxylic acids is 1. The van der Waals surface area contributed by atoms with Gasteiger partial charge in [0, 0.05) is 36.4 Å². The summed E-state index contributed by atoms with van der Waals surface area (Å²) in [5, 5.41) is 2.59. The van der Waals surface area contributed by atoms with Crippen molar-refractivity contribution < 1.29 is 4.79 Å². The summed E-state index contributed by atoms with van der Waals surface area (Å²) >= 11 is 3.45. The fourth-order valence-corrected chi connectivity index (χ4v) is 2.00. The fraction of sp³-hybridized carbons (Fsp3) is 0.364. The van der Waals surface area contributed by atoms with E-state index in [1.165, 1.54) is 0 Å². The minimum atomic E-state index is -0.0227. The van der Waals surface area contributed by atoms with E-state index < -0.39 is 0 Å². The highest BCUT2D eigenvalue weighted by Gasteiger charge is 2.11. The highest BCUT2D eigenvalue weighted by molar-refractivity contribution is 9.10. The summed E-state index contributed by atoms with van der Waals surface area (Å²) in [5.41, 5.74) is 7.68. The number of hydrogen-bond donors (Lipinski definition) is 2. The number of nitrogens with two attached hydrogens (primary N) is 1. The minimum absolute atomic E-state index is 0.0227. The lowest BCUT2D eigenvalue weighted by Gasteiger charge is -2.21. The second-order valence-electron chi connectivity index (χ2n) is 3.47. The zero-order chi connectivity index (χ0) is 12.1. The third-order valence-corrected chi connectivity index (χ3v) is 3.11. The average Bonchev–Trinajstić information content (AvgIpc) is 2.28. The average molecular weight is 286 g/mol. The quantitative estimate of drug-likeness (QED) is 0.871. The van der Waals surface area contributed by atoms with Gasteiger partial charge in [0.1, 0.15) is 0 Å². The summed E-state index contributed by atoms with van der Waals surface area (Å²) in [5.74, 6) is -0.0227. The Morgan fingerprint density at radius 2 is 2.25 bits per heavy atom. The van der Waals surface area contributed by atoms with Crippen LogP contribution in [0.15, 0.2) is 22.7 Å². The van der Waals surface area contributed by atoms with Crippen LogP contribution in [0.3, 0.4) is 0 Å². The Hall–Kier alpha value is -1.07. The first-order valence-electron chi connectivity index (χ1n) is 4.99. The van der Waals surface area contributed by atoms with Crippen molar-refractivity contribution in [2.75, 3.05) is 25.5 Å². The van der Waals surface area contributed by atoms with Crippen LogP contribution in [0.2, 0.25) is 0 Å². The first kappa shape index (κ1) is 13.0. The SMILES string of the molecule is CNC(=O)CN(C)c1cccc(Br)c1CN. The molecule has 0 aliphatic rings. The van der Waals surface area contributed by atoms with Crippen molar-refractivity contribution in [1.29, 1.82) is 0 Å². The van der Waals surface area contributed by atoms with E-state index in [0.717, 1.165) is 15.7 Å². The molecule has 0 aliphatic carbocycles. The van der Waals surface area contributed by atoms with Crippen LogP contribution in [-0.2, 0) is 11.3 Å². The number of rotatable bonds is 4. The number of amides is 1. The van der Waals surface area contributed by atoms with Gasteiger partial charge in [0.25, 0.3) is 0 Å². The smallest absolute Gasteiger partial charge is 0.239 e. The van der Waals surface area contributed by atoms with E-state index in [0.29, 0.717) is 13.1 Å². The van der Waals surface area contributed by atoms with Gasteiger partial charge in [-0.3, -0.25) is 4.79 Å². The molecule has 1 rings (SSSR count). The van der Waals surface area contributed by atoms with Crippen molar-refractivity contribution in [2.24, 2.45) is 5.73 Å². The number of nitrogens with one attached hydrogen (secondary N) is 1. The molecule has 0 saturated carbocycles. The summed E-state index contributed by atoms with van der Waals surface area (Å²) in [4.78, 5) is 13.2. The number of benzene rings is 1. The molecule has 0 bridgehead atoms.